The van der Waals surface area contributed by atoms with Gasteiger partial charge in [0.1, 0.15) is 0 Å². The van der Waals surface area contributed by atoms with Gasteiger partial charge in [-0.2, -0.15) is 4.31 Å². The van der Waals surface area contributed by atoms with Crippen LogP contribution in [-0.2, 0) is 14.8 Å². The van der Waals surface area contributed by atoms with Gasteiger partial charge in [-0.25, -0.2) is 8.42 Å². The largest absolute Gasteiger partial charge is 0.352 e. The maximum absolute atomic E-state index is 12.8. The van der Waals surface area contributed by atoms with Crippen LogP contribution < -0.4 is 5.32 Å². The molecule has 2 aliphatic rings. The van der Waals surface area contributed by atoms with E-state index in [1.165, 1.54) is 4.31 Å². The van der Waals surface area contributed by atoms with Crippen molar-refractivity contribution >= 4 is 15.9 Å². The highest BCUT2D eigenvalue weighted by atomic mass is 32.2. The zero-order chi connectivity index (χ0) is 18.7. The van der Waals surface area contributed by atoms with Gasteiger partial charge in [0, 0.05) is 32.2 Å². The minimum atomic E-state index is -3.47. The number of piperazine rings is 1. The van der Waals surface area contributed by atoms with Gasteiger partial charge in [0.2, 0.25) is 15.9 Å². The summed E-state index contributed by atoms with van der Waals surface area (Å²) in [5.41, 5.74) is 1.16. The molecule has 26 heavy (non-hydrogen) atoms. The summed E-state index contributed by atoms with van der Waals surface area (Å²) in [7, 11) is -3.47. The zero-order valence-corrected chi connectivity index (χ0v) is 16.5. The molecule has 1 aliphatic carbocycles. The molecule has 7 heteroatoms. The minimum absolute atomic E-state index is 0.0458. The van der Waals surface area contributed by atoms with E-state index in [1.807, 2.05) is 17.0 Å². The van der Waals surface area contributed by atoms with Crippen LogP contribution >= 0.6 is 0 Å². The summed E-state index contributed by atoms with van der Waals surface area (Å²) in [6.45, 7) is 6.64. The second-order valence-electron chi connectivity index (χ2n) is 7.40. The highest BCUT2D eigenvalue weighted by molar-refractivity contribution is 7.89. The Morgan fingerprint density at radius 1 is 1.15 bits per heavy atom. The third kappa shape index (κ3) is 4.64. The molecule has 2 fully saturated rings. The van der Waals surface area contributed by atoms with Crippen molar-refractivity contribution in [3.8, 4) is 0 Å². The molecule has 0 spiro atoms. The second kappa shape index (κ2) is 8.06. The third-order valence-electron chi connectivity index (χ3n) is 5.34. The van der Waals surface area contributed by atoms with E-state index in [1.54, 1.807) is 12.1 Å². The fraction of sp³-hybridized carbons (Fsp3) is 0.632. The number of amides is 1. The van der Waals surface area contributed by atoms with Gasteiger partial charge in [0.05, 0.1) is 11.4 Å². The van der Waals surface area contributed by atoms with E-state index in [0.29, 0.717) is 49.6 Å². The molecule has 3 rings (SSSR count). The summed E-state index contributed by atoms with van der Waals surface area (Å²) in [5, 5.41) is 2.98. The van der Waals surface area contributed by atoms with Crippen molar-refractivity contribution in [1.82, 2.24) is 14.5 Å². The van der Waals surface area contributed by atoms with E-state index < -0.39 is 10.0 Å². The monoisotopic (exact) mass is 379 g/mol. The Kier molecular flexibility index (Phi) is 5.99. The Bertz CT molecular complexity index is 721. The summed E-state index contributed by atoms with van der Waals surface area (Å²) >= 11 is 0. The maximum atomic E-state index is 12.8. The second-order valence-corrected chi connectivity index (χ2v) is 9.34. The van der Waals surface area contributed by atoms with Crippen molar-refractivity contribution in [3.63, 3.8) is 0 Å². The third-order valence-corrected chi connectivity index (χ3v) is 7.25. The number of nitrogens with one attached hydrogen (secondary N) is 1. The number of hydrogen-bond acceptors (Lipinski definition) is 4. The Labute approximate surface area is 156 Å². The maximum Gasteiger partial charge on any atom is 0.243 e. The lowest BCUT2D eigenvalue weighted by Crippen LogP contribution is -2.51. The average molecular weight is 380 g/mol. The number of carbonyl (C=O) groups is 1. The molecule has 1 aliphatic heterocycles. The molecule has 0 aromatic heterocycles. The van der Waals surface area contributed by atoms with Crippen LogP contribution in [0.3, 0.4) is 0 Å². The van der Waals surface area contributed by atoms with Crippen molar-refractivity contribution < 1.29 is 13.2 Å². The summed E-state index contributed by atoms with van der Waals surface area (Å²) in [4.78, 5) is 14.3. The van der Waals surface area contributed by atoms with Gasteiger partial charge in [-0.15, -0.1) is 0 Å². The summed E-state index contributed by atoms with van der Waals surface area (Å²) < 4.78 is 27.2. The van der Waals surface area contributed by atoms with Gasteiger partial charge in [-0.1, -0.05) is 26.0 Å². The van der Waals surface area contributed by atoms with E-state index in [4.69, 9.17) is 0 Å². The molecular formula is C19H29N3O3S. The number of rotatable bonds is 7. The highest BCUT2D eigenvalue weighted by Gasteiger charge is 2.30. The van der Waals surface area contributed by atoms with Gasteiger partial charge in [0.15, 0.2) is 0 Å². The Hall–Kier alpha value is -1.44. The molecule has 1 saturated carbocycles. The number of sulfonamides is 1. The van der Waals surface area contributed by atoms with Crippen molar-refractivity contribution in [2.45, 2.75) is 50.0 Å². The van der Waals surface area contributed by atoms with E-state index >= 15 is 0 Å². The lowest BCUT2D eigenvalue weighted by molar-refractivity contribution is -0.122. The topological polar surface area (TPSA) is 69.7 Å². The quantitative estimate of drug-likeness (QED) is 0.784. The first-order chi connectivity index (χ1) is 12.4. The lowest BCUT2D eigenvalue weighted by atomic mass is 9.99. The summed E-state index contributed by atoms with van der Waals surface area (Å²) in [5.74, 6) is 0.474. The van der Waals surface area contributed by atoms with Gasteiger partial charge in [-0.3, -0.25) is 9.69 Å². The first-order valence-corrected chi connectivity index (χ1v) is 11.0. The van der Waals surface area contributed by atoms with Crippen LogP contribution in [0, 0.1) is 0 Å². The van der Waals surface area contributed by atoms with Crippen LogP contribution in [0.5, 0.6) is 0 Å². The van der Waals surface area contributed by atoms with Crippen molar-refractivity contribution in [2.75, 3.05) is 32.7 Å². The summed E-state index contributed by atoms with van der Waals surface area (Å²) in [6, 6.07) is 7.62. The molecule has 0 bridgehead atoms. The minimum Gasteiger partial charge on any atom is -0.352 e. The van der Waals surface area contributed by atoms with Gasteiger partial charge in [0.25, 0.3) is 0 Å². The molecule has 1 saturated heterocycles. The molecule has 1 N–H and O–H groups in total. The van der Waals surface area contributed by atoms with E-state index in [-0.39, 0.29) is 5.91 Å². The Balaban J connectivity index is 1.56. The van der Waals surface area contributed by atoms with Crippen LogP contribution in [0.25, 0.3) is 0 Å². The smallest absolute Gasteiger partial charge is 0.243 e. The summed E-state index contributed by atoms with van der Waals surface area (Å²) in [6.07, 6.45) is 3.18. The lowest BCUT2D eigenvalue weighted by Gasteiger charge is -2.33. The molecule has 1 aromatic rings. The molecular weight excluding hydrogens is 350 g/mol. The molecule has 144 valence electrons. The van der Waals surface area contributed by atoms with Crippen molar-refractivity contribution in [1.29, 1.82) is 0 Å². The first kappa shape index (κ1) is 19.3. The fourth-order valence-electron chi connectivity index (χ4n) is 3.19. The van der Waals surface area contributed by atoms with Crippen LogP contribution in [0.2, 0.25) is 0 Å². The molecule has 1 amide bonds. The number of carbonyl (C=O) groups excluding carboxylic acids is 1. The standard InChI is InChI=1S/C19H29N3O3S/c1-3-15(2)16-4-8-18(9-5-16)26(24,25)22-12-10-21(11-13-22)14-19(23)20-17-6-7-17/h4-5,8-9,15,17H,3,6-7,10-14H2,1-2H3,(H,20,23). The van der Waals surface area contributed by atoms with Crippen LogP contribution in [0.4, 0.5) is 0 Å². The highest BCUT2D eigenvalue weighted by Crippen LogP contribution is 2.23. The molecule has 1 unspecified atom stereocenters. The number of benzene rings is 1. The van der Waals surface area contributed by atoms with Crippen molar-refractivity contribution in [3.05, 3.63) is 29.8 Å². The molecule has 1 atom stereocenters. The van der Waals surface area contributed by atoms with Gasteiger partial charge in [-0.05, 0) is 42.9 Å². The van der Waals surface area contributed by atoms with Crippen LogP contribution in [0.1, 0.15) is 44.6 Å². The van der Waals surface area contributed by atoms with E-state index in [0.717, 1.165) is 24.8 Å². The first-order valence-electron chi connectivity index (χ1n) is 9.52. The van der Waals surface area contributed by atoms with Gasteiger partial charge < -0.3 is 5.32 Å². The van der Waals surface area contributed by atoms with Crippen LogP contribution in [0.15, 0.2) is 29.2 Å². The predicted molar refractivity (Wildman–Crippen MR) is 102 cm³/mol. The van der Waals surface area contributed by atoms with Crippen LogP contribution in [-0.4, -0.2) is 62.3 Å². The fourth-order valence-corrected chi connectivity index (χ4v) is 4.61. The zero-order valence-electron chi connectivity index (χ0n) is 15.6. The van der Waals surface area contributed by atoms with Crippen molar-refractivity contribution in [2.24, 2.45) is 0 Å². The Morgan fingerprint density at radius 3 is 2.31 bits per heavy atom. The van der Waals surface area contributed by atoms with Gasteiger partial charge >= 0.3 is 0 Å². The Morgan fingerprint density at radius 2 is 1.77 bits per heavy atom. The molecule has 1 heterocycles. The number of hydrogen-bond donors (Lipinski definition) is 1. The number of nitrogens with zero attached hydrogens (tertiary/aromatic N) is 2. The van der Waals surface area contributed by atoms with E-state index in [2.05, 4.69) is 19.2 Å². The molecule has 0 radical (unpaired) electrons. The SMILES string of the molecule is CCC(C)c1ccc(S(=O)(=O)N2CCN(CC(=O)NC3CC3)CC2)cc1. The predicted octanol–water partition coefficient (Wildman–Crippen LogP) is 1.78. The average Bonchev–Trinajstić information content (AvgIpc) is 3.45. The molecule has 1 aromatic carbocycles. The van der Waals surface area contributed by atoms with E-state index in [9.17, 15) is 13.2 Å². The molecule has 6 nitrogen and oxygen atoms in total. The normalized spacial score (nSPS) is 20.7.